The van der Waals surface area contributed by atoms with Gasteiger partial charge in [0.05, 0.1) is 6.61 Å². The van der Waals surface area contributed by atoms with Gasteiger partial charge in [-0.25, -0.2) is 9.59 Å². The Bertz CT molecular complexity index is 363. The SMILES string of the molecule is C=CCOC(=O)N[C@@H](CCSC)C(=O)OCCCCCCCCCC. The highest BCUT2D eigenvalue weighted by Crippen LogP contribution is 2.09. The maximum absolute atomic E-state index is 12.1. The summed E-state index contributed by atoms with van der Waals surface area (Å²) in [6, 6.07) is -0.654. The Hall–Kier alpha value is -1.17. The molecule has 0 saturated carbocycles. The minimum absolute atomic E-state index is 0.119. The van der Waals surface area contributed by atoms with Crippen LogP contribution in [-0.2, 0) is 14.3 Å². The Morgan fingerprint density at radius 1 is 1.08 bits per heavy atom. The quantitative estimate of drug-likeness (QED) is 0.241. The number of amides is 1. The number of carbonyl (C=O) groups is 2. The second-order valence-corrected chi connectivity index (χ2v) is 6.99. The molecular weight excluding hydrogens is 338 g/mol. The lowest BCUT2D eigenvalue weighted by atomic mass is 10.1. The molecule has 5 nitrogen and oxygen atoms in total. The van der Waals surface area contributed by atoms with Gasteiger partial charge in [-0.3, -0.25) is 0 Å². The van der Waals surface area contributed by atoms with Gasteiger partial charge < -0.3 is 14.8 Å². The molecule has 0 aliphatic rings. The van der Waals surface area contributed by atoms with Gasteiger partial charge in [0.15, 0.2) is 0 Å². The number of carbonyl (C=O) groups excluding carboxylic acids is 2. The van der Waals surface area contributed by atoms with Gasteiger partial charge in [-0.05, 0) is 24.9 Å². The van der Waals surface area contributed by atoms with E-state index in [1.807, 2.05) is 6.26 Å². The van der Waals surface area contributed by atoms with E-state index >= 15 is 0 Å². The van der Waals surface area contributed by atoms with E-state index in [4.69, 9.17) is 9.47 Å². The van der Waals surface area contributed by atoms with Crippen molar-refractivity contribution in [1.29, 1.82) is 0 Å². The van der Waals surface area contributed by atoms with Gasteiger partial charge in [0.2, 0.25) is 0 Å². The van der Waals surface area contributed by atoms with E-state index in [1.54, 1.807) is 11.8 Å². The van der Waals surface area contributed by atoms with Gasteiger partial charge in [-0.15, -0.1) is 0 Å². The average molecular weight is 374 g/mol. The third-order valence-corrected chi connectivity index (χ3v) is 4.41. The highest BCUT2D eigenvalue weighted by atomic mass is 32.2. The van der Waals surface area contributed by atoms with Crippen LogP contribution in [0.2, 0.25) is 0 Å². The molecule has 146 valence electrons. The maximum atomic E-state index is 12.1. The highest BCUT2D eigenvalue weighted by Gasteiger charge is 2.22. The minimum atomic E-state index is -0.654. The molecule has 0 fully saturated rings. The summed E-state index contributed by atoms with van der Waals surface area (Å²) in [5, 5.41) is 2.57. The molecule has 0 aromatic carbocycles. The summed E-state index contributed by atoms with van der Waals surface area (Å²) in [6.07, 6.45) is 12.9. The first kappa shape index (κ1) is 23.8. The van der Waals surface area contributed by atoms with Crippen LogP contribution in [0, 0.1) is 0 Å². The molecule has 0 bridgehead atoms. The highest BCUT2D eigenvalue weighted by molar-refractivity contribution is 7.98. The molecule has 0 aromatic heterocycles. The molecule has 0 aromatic rings. The number of nitrogens with one attached hydrogen (secondary N) is 1. The van der Waals surface area contributed by atoms with Crippen LogP contribution in [0.1, 0.15) is 64.7 Å². The first-order valence-corrected chi connectivity index (χ1v) is 10.7. The fourth-order valence-corrected chi connectivity index (χ4v) is 2.78. The monoisotopic (exact) mass is 373 g/mol. The molecule has 25 heavy (non-hydrogen) atoms. The fraction of sp³-hybridized carbons (Fsp3) is 0.789. The zero-order valence-electron chi connectivity index (χ0n) is 15.9. The molecule has 0 heterocycles. The van der Waals surface area contributed by atoms with E-state index in [0.717, 1.165) is 18.6 Å². The number of thioether (sulfide) groups is 1. The third kappa shape index (κ3) is 14.8. The van der Waals surface area contributed by atoms with E-state index < -0.39 is 12.1 Å². The number of hydrogen-bond donors (Lipinski definition) is 1. The molecule has 0 rings (SSSR count). The van der Waals surface area contributed by atoms with E-state index in [1.165, 1.54) is 44.6 Å². The zero-order chi connectivity index (χ0) is 18.8. The van der Waals surface area contributed by atoms with Crippen LogP contribution in [-0.4, -0.2) is 43.3 Å². The Labute approximate surface area is 157 Å². The largest absolute Gasteiger partial charge is 0.464 e. The van der Waals surface area contributed by atoms with Crippen molar-refractivity contribution < 1.29 is 19.1 Å². The van der Waals surface area contributed by atoms with Crippen molar-refractivity contribution in [1.82, 2.24) is 5.32 Å². The molecule has 0 radical (unpaired) electrons. The summed E-state index contributed by atoms with van der Waals surface area (Å²) in [7, 11) is 0. The van der Waals surface area contributed by atoms with E-state index in [9.17, 15) is 9.59 Å². The molecule has 6 heteroatoms. The van der Waals surface area contributed by atoms with Gasteiger partial charge in [0.1, 0.15) is 12.6 Å². The predicted molar refractivity (Wildman–Crippen MR) is 105 cm³/mol. The van der Waals surface area contributed by atoms with Crippen LogP contribution in [0.15, 0.2) is 12.7 Å². The van der Waals surface area contributed by atoms with Gasteiger partial charge in [-0.1, -0.05) is 64.5 Å². The Balaban J connectivity index is 3.92. The Morgan fingerprint density at radius 2 is 1.72 bits per heavy atom. The molecule has 1 N–H and O–H groups in total. The molecular formula is C19H35NO4S. The maximum Gasteiger partial charge on any atom is 0.408 e. The molecule has 0 spiro atoms. The zero-order valence-corrected chi connectivity index (χ0v) is 16.7. The van der Waals surface area contributed by atoms with Gasteiger partial charge in [0, 0.05) is 0 Å². The standard InChI is InChI=1S/C19H35NO4S/c1-4-6-7-8-9-10-11-12-15-23-18(21)17(13-16-25-3)20-19(22)24-14-5-2/h5,17H,2,4,6-16H2,1,3H3,(H,20,22)/t17-/m0/s1. The molecule has 0 aliphatic carbocycles. The first-order valence-electron chi connectivity index (χ1n) is 9.35. The summed E-state index contributed by atoms with van der Waals surface area (Å²) in [5.41, 5.74) is 0. The molecule has 0 aliphatic heterocycles. The van der Waals surface area contributed by atoms with Crippen molar-refractivity contribution in [2.45, 2.75) is 70.8 Å². The van der Waals surface area contributed by atoms with Crippen LogP contribution < -0.4 is 5.32 Å². The molecule has 1 atom stereocenters. The van der Waals surface area contributed by atoms with Crippen molar-refractivity contribution in [3.63, 3.8) is 0 Å². The smallest absolute Gasteiger partial charge is 0.408 e. The molecule has 1 amide bonds. The van der Waals surface area contributed by atoms with Crippen LogP contribution in [0.25, 0.3) is 0 Å². The number of ether oxygens (including phenoxy) is 2. The Morgan fingerprint density at radius 3 is 2.32 bits per heavy atom. The topological polar surface area (TPSA) is 64.6 Å². The van der Waals surface area contributed by atoms with Crippen molar-refractivity contribution in [2.24, 2.45) is 0 Å². The number of unbranched alkanes of at least 4 members (excludes halogenated alkanes) is 7. The predicted octanol–water partition coefficient (Wildman–Crippen LogP) is 4.70. The van der Waals surface area contributed by atoms with Crippen LogP contribution >= 0.6 is 11.8 Å². The molecule has 0 unspecified atom stereocenters. The third-order valence-electron chi connectivity index (χ3n) is 3.76. The van der Waals surface area contributed by atoms with Gasteiger partial charge in [0.25, 0.3) is 0 Å². The second-order valence-electron chi connectivity index (χ2n) is 6.01. The lowest BCUT2D eigenvalue weighted by Crippen LogP contribution is -2.42. The van der Waals surface area contributed by atoms with Crippen molar-refractivity contribution in [3.05, 3.63) is 12.7 Å². The van der Waals surface area contributed by atoms with Crippen molar-refractivity contribution >= 4 is 23.8 Å². The van der Waals surface area contributed by atoms with Crippen LogP contribution in [0.3, 0.4) is 0 Å². The normalized spacial score (nSPS) is 11.6. The van der Waals surface area contributed by atoms with Crippen LogP contribution in [0.4, 0.5) is 4.79 Å². The summed E-state index contributed by atoms with van der Waals surface area (Å²) in [5.74, 6) is 0.381. The lowest BCUT2D eigenvalue weighted by Gasteiger charge is -2.17. The van der Waals surface area contributed by atoms with Gasteiger partial charge >= 0.3 is 12.1 Å². The fourth-order valence-electron chi connectivity index (χ4n) is 2.31. The first-order chi connectivity index (χ1) is 12.2. The summed E-state index contributed by atoms with van der Waals surface area (Å²) >= 11 is 1.62. The summed E-state index contributed by atoms with van der Waals surface area (Å²) < 4.78 is 10.2. The van der Waals surface area contributed by atoms with Gasteiger partial charge in [-0.2, -0.15) is 11.8 Å². The minimum Gasteiger partial charge on any atom is -0.464 e. The molecule has 0 saturated heterocycles. The average Bonchev–Trinajstić information content (AvgIpc) is 2.61. The number of alkyl carbamates (subject to hydrolysis) is 1. The van der Waals surface area contributed by atoms with E-state index in [-0.39, 0.29) is 12.6 Å². The number of rotatable bonds is 16. The Kier molecular flexibility index (Phi) is 16.8. The summed E-state index contributed by atoms with van der Waals surface area (Å²) in [4.78, 5) is 23.8. The van der Waals surface area contributed by atoms with E-state index in [2.05, 4.69) is 18.8 Å². The van der Waals surface area contributed by atoms with E-state index in [0.29, 0.717) is 13.0 Å². The second kappa shape index (κ2) is 17.6. The number of hydrogen-bond acceptors (Lipinski definition) is 5. The van der Waals surface area contributed by atoms with Crippen molar-refractivity contribution in [3.8, 4) is 0 Å². The van der Waals surface area contributed by atoms with Crippen molar-refractivity contribution in [2.75, 3.05) is 25.2 Å². The lowest BCUT2D eigenvalue weighted by molar-refractivity contribution is -0.146. The van der Waals surface area contributed by atoms with Crippen LogP contribution in [0.5, 0.6) is 0 Å². The summed E-state index contributed by atoms with van der Waals surface area (Å²) in [6.45, 7) is 6.23. The number of esters is 1.